The summed E-state index contributed by atoms with van der Waals surface area (Å²) in [5.41, 5.74) is 1.68. The molecule has 3 nitrogen and oxygen atoms in total. The van der Waals surface area contributed by atoms with Crippen LogP contribution in [0, 0.1) is 0 Å². The minimum Gasteiger partial charge on any atom is -0.323 e. The molecule has 0 aliphatic carbocycles. The largest absolute Gasteiger partial charge is 0.323 e. The van der Waals surface area contributed by atoms with Gasteiger partial charge in [-0.1, -0.05) is 30.3 Å². The van der Waals surface area contributed by atoms with Crippen LogP contribution in [0.4, 0.5) is 5.69 Å². The molecule has 1 unspecified atom stereocenters. The van der Waals surface area contributed by atoms with E-state index in [0.717, 1.165) is 5.56 Å². The van der Waals surface area contributed by atoms with Gasteiger partial charge in [0, 0.05) is 6.20 Å². The summed E-state index contributed by atoms with van der Waals surface area (Å²) >= 11 is 3.30. The fourth-order valence-electron chi connectivity index (χ4n) is 1.61. The predicted molar refractivity (Wildman–Crippen MR) is 75.4 cm³/mol. The van der Waals surface area contributed by atoms with Crippen molar-refractivity contribution in [2.75, 3.05) is 5.32 Å². The number of pyridine rings is 1. The molecule has 0 fully saturated rings. The average Bonchev–Trinajstić information content (AvgIpc) is 2.41. The van der Waals surface area contributed by atoms with Gasteiger partial charge in [0.25, 0.3) is 0 Å². The molecule has 0 saturated carbocycles. The molecule has 2 aromatic rings. The van der Waals surface area contributed by atoms with Crippen molar-refractivity contribution in [3.05, 3.63) is 58.8 Å². The highest BCUT2D eigenvalue weighted by atomic mass is 79.9. The number of aromatic nitrogens is 1. The van der Waals surface area contributed by atoms with E-state index in [0.29, 0.717) is 10.3 Å². The standard InChI is InChI=1S/C14H13BrN2O/c1-10(11-6-3-2-4-7-11)14(18)17-12-8-5-9-16-13(12)15/h2-10H,1H3,(H,17,18). The third-order valence-corrected chi connectivity index (χ3v) is 3.34. The quantitative estimate of drug-likeness (QED) is 0.881. The van der Waals surface area contributed by atoms with Gasteiger partial charge < -0.3 is 5.32 Å². The Bertz CT molecular complexity index is 543. The maximum atomic E-state index is 12.1. The van der Waals surface area contributed by atoms with Crippen molar-refractivity contribution in [2.24, 2.45) is 0 Å². The Hall–Kier alpha value is -1.68. The van der Waals surface area contributed by atoms with Crippen LogP contribution in [0.2, 0.25) is 0 Å². The molecule has 1 heterocycles. The van der Waals surface area contributed by atoms with Gasteiger partial charge in [0.1, 0.15) is 4.60 Å². The summed E-state index contributed by atoms with van der Waals surface area (Å²) in [6, 6.07) is 13.3. The SMILES string of the molecule is CC(C(=O)Nc1cccnc1Br)c1ccccc1. The molecule has 0 bridgehead atoms. The molecule has 1 N–H and O–H groups in total. The van der Waals surface area contributed by atoms with E-state index in [1.54, 1.807) is 12.3 Å². The minimum atomic E-state index is -0.196. The third kappa shape index (κ3) is 2.96. The number of nitrogens with zero attached hydrogens (tertiary/aromatic N) is 1. The Morgan fingerprint density at radius 2 is 1.94 bits per heavy atom. The number of anilines is 1. The zero-order chi connectivity index (χ0) is 13.0. The van der Waals surface area contributed by atoms with Gasteiger partial charge >= 0.3 is 0 Å². The van der Waals surface area contributed by atoms with E-state index >= 15 is 0 Å². The van der Waals surface area contributed by atoms with Crippen LogP contribution < -0.4 is 5.32 Å². The predicted octanol–water partition coefficient (Wildman–Crippen LogP) is 3.59. The van der Waals surface area contributed by atoms with Crippen molar-refractivity contribution in [3.63, 3.8) is 0 Å². The van der Waals surface area contributed by atoms with Crippen LogP contribution in [-0.2, 0) is 4.79 Å². The molecule has 1 aromatic carbocycles. The van der Waals surface area contributed by atoms with Crippen LogP contribution in [0.5, 0.6) is 0 Å². The Kier molecular flexibility index (Phi) is 4.10. The molecule has 1 aromatic heterocycles. The van der Waals surface area contributed by atoms with E-state index in [1.807, 2.05) is 43.3 Å². The van der Waals surface area contributed by atoms with Crippen molar-refractivity contribution in [1.29, 1.82) is 0 Å². The molecule has 0 spiro atoms. The summed E-state index contributed by atoms with van der Waals surface area (Å²) < 4.78 is 0.638. The van der Waals surface area contributed by atoms with Crippen molar-refractivity contribution < 1.29 is 4.79 Å². The molecular weight excluding hydrogens is 292 g/mol. The van der Waals surface area contributed by atoms with Crippen LogP contribution in [0.25, 0.3) is 0 Å². The van der Waals surface area contributed by atoms with E-state index < -0.39 is 0 Å². The Labute approximate surface area is 114 Å². The lowest BCUT2D eigenvalue weighted by molar-refractivity contribution is -0.117. The molecule has 2 rings (SSSR count). The van der Waals surface area contributed by atoms with E-state index in [9.17, 15) is 4.79 Å². The fourth-order valence-corrected chi connectivity index (χ4v) is 1.96. The van der Waals surface area contributed by atoms with Gasteiger partial charge in [0.15, 0.2) is 0 Å². The summed E-state index contributed by atoms with van der Waals surface area (Å²) in [6.07, 6.45) is 1.67. The number of hydrogen-bond donors (Lipinski definition) is 1. The van der Waals surface area contributed by atoms with Crippen LogP contribution in [0.3, 0.4) is 0 Å². The second-order valence-corrected chi connectivity index (χ2v) is 4.71. The third-order valence-electron chi connectivity index (χ3n) is 2.71. The second kappa shape index (κ2) is 5.78. The van der Waals surface area contributed by atoms with Crippen molar-refractivity contribution in [2.45, 2.75) is 12.8 Å². The Morgan fingerprint density at radius 3 is 2.61 bits per heavy atom. The summed E-state index contributed by atoms with van der Waals surface area (Å²) in [4.78, 5) is 16.2. The first-order chi connectivity index (χ1) is 8.68. The summed E-state index contributed by atoms with van der Waals surface area (Å²) in [6.45, 7) is 1.88. The van der Waals surface area contributed by atoms with E-state index in [-0.39, 0.29) is 11.8 Å². The highest BCUT2D eigenvalue weighted by Gasteiger charge is 2.15. The van der Waals surface area contributed by atoms with Gasteiger partial charge in [0.05, 0.1) is 11.6 Å². The molecule has 92 valence electrons. The summed E-state index contributed by atoms with van der Waals surface area (Å²) in [7, 11) is 0. The number of nitrogens with one attached hydrogen (secondary N) is 1. The monoisotopic (exact) mass is 304 g/mol. The van der Waals surface area contributed by atoms with Gasteiger partial charge in [-0.25, -0.2) is 4.98 Å². The normalized spacial score (nSPS) is 11.9. The average molecular weight is 305 g/mol. The number of halogens is 1. The van der Waals surface area contributed by atoms with E-state index in [1.165, 1.54) is 0 Å². The van der Waals surface area contributed by atoms with Crippen molar-refractivity contribution >= 4 is 27.5 Å². The molecule has 1 atom stereocenters. The highest BCUT2D eigenvalue weighted by molar-refractivity contribution is 9.10. The lowest BCUT2D eigenvalue weighted by Crippen LogP contribution is -2.19. The molecule has 0 radical (unpaired) electrons. The van der Waals surface area contributed by atoms with Crippen LogP contribution in [0.15, 0.2) is 53.3 Å². The van der Waals surface area contributed by atoms with Gasteiger partial charge in [-0.15, -0.1) is 0 Å². The lowest BCUT2D eigenvalue weighted by atomic mass is 10.0. The summed E-state index contributed by atoms with van der Waals surface area (Å²) in [5, 5.41) is 2.86. The maximum absolute atomic E-state index is 12.1. The highest BCUT2D eigenvalue weighted by Crippen LogP contribution is 2.21. The molecule has 1 amide bonds. The maximum Gasteiger partial charge on any atom is 0.231 e. The zero-order valence-corrected chi connectivity index (χ0v) is 11.5. The number of rotatable bonds is 3. The Balaban J connectivity index is 2.12. The van der Waals surface area contributed by atoms with Crippen LogP contribution >= 0.6 is 15.9 Å². The Morgan fingerprint density at radius 1 is 1.22 bits per heavy atom. The molecule has 0 aliphatic heterocycles. The molecule has 0 aliphatic rings. The first-order valence-electron chi connectivity index (χ1n) is 5.65. The molecule has 18 heavy (non-hydrogen) atoms. The lowest BCUT2D eigenvalue weighted by Gasteiger charge is -2.13. The molecule has 0 saturated heterocycles. The first kappa shape index (κ1) is 12.8. The smallest absolute Gasteiger partial charge is 0.231 e. The van der Waals surface area contributed by atoms with Crippen molar-refractivity contribution in [3.8, 4) is 0 Å². The summed E-state index contributed by atoms with van der Waals surface area (Å²) in [5.74, 6) is -0.242. The second-order valence-electron chi connectivity index (χ2n) is 3.96. The number of benzene rings is 1. The van der Waals surface area contributed by atoms with Gasteiger partial charge in [-0.05, 0) is 40.5 Å². The zero-order valence-electron chi connectivity index (χ0n) is 9.93. The van der Waals surface area contributed by atoms with Gasteiger partial charge in [-0.2, -0.15) is 0 Å². The van der Waals surface area contributed by atoms with Gasteiger partial charge in [-0.3, -0.25) is 4.79 Å². The van der Waals surface area contributed by atoms with Crippen LogP contribution in [0.1, 0.15) is 18.4 Å². The van der Waals surface area contributed by atoms with E-state index in [2.05, 4.69) is 26.2 Å². The molecule has 4 heteroatoms. The topological polar surface area (TPSA) is 42.0 Å². The van der Waals surface area contributed by atoms with Gasteiger partial charge in [0.2, 0.25) is 5.91 Å². The fraction of sp³-hybridized carbons (Fsp3) is 0.143. The number of hydrogen-bond acceptors (Lipinski definition) is 2. The van der Waals surface area contributed by atoms with Crippen molar-refractivity contribution in [1.82, 2.24) is 4.98 Å². The number of carbonyl (C=O) groups excluding carboxylic acids is 1. The van der Waals surface area contributed by atoms with Crippen LogP contribution in [-0.4, -0.2) is 10.9 Å². The van der Waals surface area contributed by atoms with E-state index in [4.69, 9.17) is 0 Å². The minimum absolute atomic E-state index is 0.0464. The number of carbonyl (C=O) groups is 1. The first-order valence-corrected chi connectivity index (χ1v) is 6.44. The number of amides is 1. The molecular formula is C14H13BrN2O.